The number of pyridine rings is 2. The summed E-state index contributed by atoms with van der Waals surface area (Å²) in [4.78, 5) is 9.99. The lowest BCUT2D eigenvalue weighted by Crippen LogP contribution is -2.10. The summed E-state index contributed by atoms with van der Waals surface area (Å²) in [6.07, 6.45) is -2.73. The monoisotopic (exact) mass is 614 g/mol. The molecule has 0 atom stereocenters. The van der Waals surface area contributed by atoms with Crippen molar-refractivity contribution in [3.63, 3.8) is 0 Å². The SMILES string of the molecule is COc1ccc(-c2c(-c3ccccc3)c(-c3ccc(C(F)(F)F)cc3)nc(-c3ccccn3)c2-c2ccc(C(C)(C)C)cc2)cc1. The average molecular weight is 615 g/mol. The zero-order chi connectivity index (χ0) is 32.5. The van der Waals surface area contributed by atoms with Gasteiger partial charge in [0.25, 0.3) is 0 Å². The number of halogens is 3. The summed E-state index contributed by atoms with van der Waals surface area (Å²) in [5.41, 5.74) is 8.15. The van der Waals surface area contributed by atoms with Gasteiger partial charge in [-0.05, 0) is 64.1 Å². The molecule has 0 bridgehead atoms. The molecule has 2 aromatic heterocycles. The van der Waals surface area contributed by atoms with Gasteiger partial charge in [-0.1, -0.05) is 106 Å². The molecule has 0 aliphatic carbocycles. The summed E-state index contributed by atoms with van der Waals surface area (Å²) in [6.45, 7) is 6.54. The van der Waals surface area contributed by atoms with E-state index in [9.17, 15) is 13.2 Å². The molecule has 6 heteroatoms. The van der Waals surface area contributed by atoms with Crippen LogP contribution in [0.5, 0.6) is 5.75 Å². The fourth-order valence-electron chi connectivity index (χ4n) is 5.65. The van der Waals surface area contributed by atoms with E-state index in [1.807, 2.05) is 72.8 Å². The first kappa shape index (κ1) is 30.8. The van der Waals surface area contributed by atoms with Crippen LogP contribution in [0.15, 0.2) is 128 Å². The van der Waals surface area contributed by atoms with E-state index in [1.54, 1.807) is 13.3 Å². The van der Waals surface area contributed by atoms with E-state index in [2.05, 4.69) is 45.0 Å². The van der Waals surface area contributed by atoms with E-state index in [1.165, 1.54) is 17.7 Å². The van der Waals surface area contributed by atoms with Crippen LogP contribution in [0.4, 0.5) is 13.2 Å². The average Bonchev–Trinajstić information content (AvgIpc) is 3.07. The van der Waals surface area contributed by atoms with Crippen LogP contribution in [0.3, 0.4) is 0 Å². The maximum absolute atomic E-state index is 13.6. The minimum absolute atomic E-state index is 0.0406. The van der Waals surface area contributed by atoms with Gasteiger partial charge in [-0.2, -0.15) is 13.2 Å². The van der Waals surface area contributed by atoms with Gasteiger partial charge >= 0.3 is 6.18 Å². The van der Waals surface area contributed by atoms with Crippen molar-refractivity contribution in [2.24, 2.45) is 0 Å². The molecule has 0 fully saturated rings. The van der Waals surface area contributed by atoms with E-state index in [0.29, 0.717) is 28.4 Å². The second-order valence-electron chi connectivity index (χ2n) is 12.1. The Hall–Kier alpha value is -5.23. The molecule has 0 N–H and O–H groups in total. The number of ether oxygens (including phenoxy) is 1. The number of aromatic nitrogens is 2. The molecule has 0 spiro atoms. The smallest absolute Gasteiger partial charge is 0.416 e. The van der Waals surface area contributed by atoms with Gasteiger partial charge in [-0.15, -0.1) is 0 Å². The van der Waals surface area contributed by atoms with E-state index in [4.69, 9.17) is 14.7 Å². The van der Waals surface area contributed by atoms with Crippen molar-refractivity contribution in [3.05, 3.63) is 139 Å². The van der Waals surface area contributed by atoms with Gasteiger partial charge in [0.15, 0.2) is 0 Å². The third-order valence-electron chi connectivity index (χ3n) is 8.07. The number of rotatable bonds is 6. The van der Waals surface area contributed by atoms with Crippen LogP contribution in [0, 0.1) is 0 Å². The molecule has 6 aromatic rings. The maximum Gasteiger partial charge on any atom is 0.416 e. The molecular weight excluding hydrogens is 581 g/mol. The van der Waals surface area contributed by atoms with Crippen LogP contribution < -0.4 is 4.74 Å². The largest absolute Gasteiger partial charge is 0.497 e. The van der Waals surface area contributed by atoms with Gasteiger partial charge in [0.05, 0.1) is 29.8 Å². The van der Waals surface area contributed by atoms with Crippen molar-refractivity contribution >= 4 is 0 Å². The van der Waals surface area contributed by atoms with Crippen LogP contribution in [0.25, 0.3) is 56.0 Å². The van der Waals surface area contributed by atoms with Crippen LogP contribution in [0.1, 0.15) is 31.9 Å². The lowest BCUT2D eigenvalue weighted by atomic mass is 9.82. The molecule has 3 nitrogen and oxygen atoms in total. The lowest BCUT2D eigenvalue weighted by molar-refractivity contribution is -0.137. The Morgan fingerprint density at radius 2 is 1.04 bits per heavy atom. The molecule has 230 valence electrons. The zero-order valence-electron chi connectivity index (χ0n) is 26.1. The van der Waals surface area contributed by atoms with Gasteiger partial charge in [0, 0.05) is 28.5 Å². The number of methoxy groups -OCH3 is 1. The predicted octanol–water partition coefficient (Wildman–Crippen LogP) is 11.1. The van der Waals surface area contributed by atoms with Crippen LogP contribution in [0.2, 0.25) is 0 Å². The van der Waals surface area contributed by atoms with Gasteiger partial charge in [0.1, 0.15) is 5.75 Å². The second-order valence-corrected chi connectivity index (χ2v) is 12.1. The van der Waals surface area contributed by atoms with E-state index in [-0.39, 0.29) is 5.41 Å². The Morgan fingerprint density at radius 1 is 0.522 bits per heavy atom. The molecule has 0 unspecified atom stereocenters. The number of hydrogen-bond donors (Lipinski definition) is 0. The molecule has 0 aliphatic rings. The highest BCUT2D eigenvalue weighted by Gasteiger charge is 2.31. The summed E-state index contributed by atoms with van der Waals surface area (Å²) in [5.74, 6) is 0.711. The standard InChI is InChI=1S/C40H33F3N2O/c1-39(2,3)30-19-13-28(14-20-30)36-34(27-17-23-32(46-4)24-18-27)35(26-10-6-5-7-11-26)37(45-38(36)33-12-8-9-25-44-33)29-15-21-31(22-16-29)40(41,42)43/h5-25H,1-4H3. The third-order valence-corrected chi connectivity index (χ3v) is 8.07. The highest BCUT2D eigenvalue weighted by molar-refractivity contribution is 6.04. The minimum atomic E-state index is -4.45. The molecule has 0 saturated heterocycles. The first-order valence-corrected chi connectivity index (χ1v) is 15.0. The van der Waals surface area contributed by atoms with E-state index < -0.39 is 11.7 Å². The molecule has 2 heterocycles. The van der Waals surface area contributed by atoms with Gasteiger partial charge in [-0.25, -0.2) is 4.98 Å². The first-order valence-electron chi connectivity index (χ1n) is 15.0. The summed E-state index contributed by atoms with van der Waals surface area (Å²) < 4.78 is 46.3. The summed E-state index contributed by atoms with van der Waals surface area (Å²) in [7, 11) is 1.63. The van der Waals surface area contributed by atoms with E-state index in [0.717, 1.165) is 45.5 Å². The molecule has 0 amide bonds. The molecule has 0 radical (unpaired) electrons. The highest BCUT2D eigenvalue weighted by atomic mass is 19.4. The predicted molar refractivity (Wildman–Crippen MR) is 179 cm³/mol. The van der Waals surface area contributed by atoms with Crippen molar-refractivity contribution in [2.75, 3.05) is 7.11 Å². The number of nitrogens with zero attached hydrogens (tertiary/aromatic N) is 2. The lowest BCUT2D eigenvalue weighted by Gasteiger charge is -2.24. The van der Waals surface area contributed by atoms with Crippen molar-refractivity contribution in [2.45, 2.75) is 32.4 Å². The van der Waals surface area contributed by atoms with Crippen molar-refractivity contribution in [3.8, 4) is 61.8 Å². The Morgan fingerprint density at radius 3 is 1.61 bits per heavy atom. The molecule has 6 rings (SSSR count). The van der Waals surface area contributed by atoms with Crippen LogP contribution >= 0.6 is 0 Å². The van der Waals surface area contributed by atoms with Gasteiger partial charge in [-0.3, -0.25) is 4.98 Å². The normalized spacial score (nSPS) is 11.8. The Kier molecular flexibility index (Phi) is 8.22. The third kappa shape index (κ3) is 6.16. The minimum Gasteiger partial charge on any atom is -0.497 e. The molecule has 4 aromatic carbocycles. The van der Waals surface area contributed by atoms with Crippen molar-refractivity contribution in [1.29, 1.82) is 0 Å². The highest BCUT2D eigenvalue weighted by Crippen LogP contribution is 2.49. The summed E-state index contributed by atoms with van der Waals surface area (Å²) in [5, 5.41) is 0. The fourth-order valence-corrected chi connectivity index (χ4v) is 5.65. The zero-order valence-corrected chi connectivity index (χ0v) is 26.1. The number of benzene rings is 4. The second kappa shape index (κ2) is 12.3. The Balaban J connectivity index is 1.77. The molecular formula is C40H33F3N2O. The van der Waals surface area contributed by atoms with Gasteiger partial charge in [0.2, 0.25) is 0 Å². The fraction of sp³-hybridized carbons (Fsp3) is 0.150. The summed E-state index contributed by atoms with van der Waals surface area (Å²) in [6, 6.07) is 37.1. The molecule has 0 aliphatic heterocycles. The topological polar surface area (TPSA) is 35.0 Å². The quantitative estimate of drug-likeness (QED) is 0.187. The van der Waals surface area contributed by atoms with Crippen LogP contribution in [-0.2, 0) is 11.6 Å². The molecule has 0 saturated carbocycles. The first-order chi connectivity index (χ1) is 22.0. The van der Waals surface area contributed by atoms with Crippen LogP contribution in [-0.4, -0.2) is 17.1 Å². The Bertz CT molecular complexity index is 1940. The maximum atomic E-state index is 13.6. The van der Waals surface area contributed by atoms with Crippen molar-refractivity contribution < 1.29 is 17.9 Å². The van der Waals surface area contributed by atoms with Crippen molar-refractivity contribution in [1.82, 2.24) is 9.97 Å². The summed E-state index contributed by atoms with van der Waals surface area (Å²) >= 11 is 0. The molecule has 46 heavy (non-hydrogen) atoms. The number of hydrogen-bond acceptors (Lipinski definition) is 3. The number of alkyl halides is 3. The van der Waals surface area contributed by atoms with E-state index >= 15 is 0 Å². The Labute approximate surface area is 267 Å². The van der Waals surface area contributed by atoms with Gasteiger partial charge < -0.3 is 4.74 Å².